The third-order valence-corrected chi connectivity index (χ3v) is 4.55. The summed E-state index contributed by atoms with van der Waals surface area (Å²) >= 11 is 0. The zero-order valence-corrected chi connectivity index (χ0v) is 12.6. The maximum absolute atomic E-state index is 3.52. The molecule has 0 atom stereocenters. The fraction of sp³-hybridized carbons (Fsp3) is 0. The van der Waals surface area contributed by atoms with Crippen molar-refractivity contribution in [3.63, 3.8) is 0 Å². The SMILES string of the molecule is c1ccc(Nc2cc3c4c(cccc4c2)-c2ccccc2-3)cc1. The number of anilines is 2. The summed E-state index contributed by atoms with van der Waals surface area (Å²) in [6, 6.07) is 30.1. The lowest BCUT2D eigenvalue weighted by atomic mass is 10.0. The molecule has 1 nitrogen and oxygen atoms in total. The van der Waals surface area contributed by atoms with E-state index in [4.69, 9.17) is 0 Å². The highest BCUT2D eigenvalue weighted by molar-refractivity contribution is 6.16. The van der Waals surface area contributed by atoms with E-state index >= 15 is 0 Å². The molecular weight excluding hydrogens is 278 g/mol. The Morgan fingerprint density at radius 3 is 2.00 bits per heavy atom. The summed E-state index contributed by atoms with van der Waals surface area (Å²) < 4.78 is 0. The molecule has 0 radical (unpaired) electrons. The predicted molar refractivity (Wildman–Crippen MR) is 98.1 cm³/mol. The van der Waals surface area contributed by atoms with Gasteiger partial charge in [-0.1, -0.05) is 60.7 Å². The molecule has 1 N–H and O–H groups in total. The first-order chi connectivity index (χ1) is 11.4. The van der Waals surface area contributed by atoms with Gasteiger partial charge in [-0.05, 0) is 57.3 Å². The second-order valence-corrected chi connectivity index (χ2v) is 5.96. The van der Waals surface area contributed by atoms with Crippen LogP contribution in [-0.2, 0) is 0 Å². The van der Waals surface area contributed by atoms with Crippen molar-refractivity contribution in [3.8, 4) is 22.3 Å². The van der Waals surface area contributed by atoms with E-state index in [-0.39, 0.29) is 0 Å². The smallest absolute Gasteiger partial charge is 0.0396 e. The Bertz CT molecular complexity index is 1030. The van der Waals surface area contributed by atoms with Gasteiger partial charge in [-0.15, -0.1) is 0 Å². The van der Waals surface area contributed by atoms with Gasteiger partial charge < -0.3 is 5.32 Å². The van der Waals surface area contributed by atoms with Gasteiger partial charge in [-0.25, -0.2) is 0 Å². The molecule has 1 aliphatic rings. The first kappa shape index (κ1) is 12.5. The summed E-state index contributed by atoms with van der Waals surface area (Å²) in [7, 11) is 0. The summed E-state index contributed by atoms with van der Waals surface area (Å²) in [6.45, 7) is 0. The Morgan fingerprint density at radius 1 is 0.478 bits per heavy atom. The van der Waals surface area contributed by atoms with Crippen LogP contribution in [0.4, 0.5) is 11.4 Å². The van der Waals surface area contributed by atoms with E-state index in [0.717, 1.165) is 11.4 Å². The maximum atomic E-state index is 3.52. The van der Waals surface area contributed by atoms with Crippen LogP contribution in [0.25, 0.3) is 33.0 Å². The van der Waals surface area contributed by atoms with Crippen LogP contribution in [0.15, 0.2) is 84.9 Å². The van der Waals surface area contributed by atoms with E-state index in [2.05, 4.69) is 84.2 Å². The lowest BCUT2D eigenvalue weighted by molar-refractivity contribution is 1.57. The minimum absolute atomic E-state index is 1.11. The number of nitrogens with one attached hydrogen (secondary N) is 1. The van der Waals surface area contributed by atoms with Gasteiger partial charge in [0.05, 0.1) is 0 Å². The van der Waals surface area contributed by atoms with Crippen molar-refractivity contribution in [2.45, 2.75) is 0 Å². The number of para-hydroxylation sites is 1. The molecule has 0 saturated carbocycles. The minimum Gasteiger partial charge on any atom is -0.355 e. The molecule has 0 spiro atoms. The number of hydrogen-bond acceptors (Lipinski definition) is 1. The highest BCUT2D eigenvalue weighted by atomic mass is 14.9. The van der Waals surface area contributed by atoms with Crippen LogP contribution in [0.5, 0.6) is 0 Å². The van der Waals surface area contributed by atoms with Gasteiger partial charge in [-0.2, -0.15) is 0 Å². The van der Waals surface area contributed by atoms with Gasteiger partial charge in [-0.3, -0.25) is 0 Å². The molecule has 0 bridgehead atoms. The van der Waals surface area contributed by atoms with Crippen molar-refractivity contribution in [1.82, 2.24) is 0 Å². The van der Waals surface area contributed by atoms with E-state index < -0.39 is 0 Å². The Morgan fingerprint density at radius 2 is 1.17 bits per heavy atom. The highest BCUT2D eigenvalue weighted by Gasteiger charge is 2.21. The Hall–Kier alpha value is -3.06. The second kappa shape index (κ2) is 4.72. The molecule has 5 rings (SSSR count). The largest absolute Gasteiger partial charge is 0.355 e. The van der Waals surface area contributed by atoms with Crippen LogP contribution in [0, 0.1) is 0 Å². The van der Waals surface area contributed by atoms with Crippen LogP contribution in [0.3, 0.4) is 0 Å². The lowest BCUT2D eigenvalue weighted by Gasteiger charge is -2.10. The molecule has 0 aliphatic heterocycles. The fourth-order valence-corrected chi connectivity index (χ4v) is 3.58. The number of rotatable bonds is 2. The van der Waals surface area contributed by atoms with Gasteiger partial charge in [0.2, 0.25) is 0 Å². The molecule has 23 heavy (non-hydrogen) atoms. The van der Waals surface area contributed by atoms with Crippen molar-refractivity contribution >= 4 is 22.1 Å². The van der Waals surface area contributed by atoms with E-state index in [9.17, 15) is 0 Å². The Labute approximate surface area is 135 Å². The van der Waals surface area contributed by atoms with E-state index in [1.807, 2.05) is 6.07 Å². The van der Waals surface area contributed by atoms with Crippen LogP contribution in [0.1, 0.15) is 0 Å². The molecule has 0 heterocycles. The number of fused-ring (bicyclic) bond motifs is 3. The fourth-order valence-electron chi connectivity index (χ4n) is 3.58. The zero-order valence-electron chi connectivity index (χ0n) is 12.6. The van der Waals surface area contributed by atoms with E-state index in [1.165, 1.54) is 33.0 Å². The molecule has 1 heteroatoms. The average molecular weight is 293 g/mol. The molecule has 108 valence electrons. The van der Waals surface area contributed by atoms with Crippen LogP contribution in [0.2, 0.25) is 0 Å². The quantitative estimate of drug-likeness (QED) is 0.407. The molecule has 0 amide bonds. The first-order valence-corrected chi connectivity index (χ1v) is 7.89. The van der Waals surface area contributed by atoms with E-state index in [1.54, 1.807) is 0 Å². The molecule has 4 aromatic carbocycles. The topological polar surface area (TPSA) is 12.0 Å². The van der Waals surface area contributed by atoms with E-state index in [0.29, 0.717) is 0 Å². The monoisotopic (exact) mass is 293 g/mol. The van der Waals surface area contributed by atoms with Gasteiger partial charge in [0.15, 0.2) is 0 Å². The molecule has 0 saturated heterocycles. The lowest BCUT2D eigenvalue weighted by Crippen LogP contribution is -1.90. The molecule has 0 unspecified atom stereocenters. The predicted octanol–water partition coefficient (Wildman–Crippen LogP) is 6.23. The van der Waals surface area contributed by atoms with Gasteiger partial charge in [0.1, 0.15) is 0 Å². The minimum atomic E-state index is 1.11. The Balaban J connectivity index is 1.74. The third kappa shape index (κ3) is 1.87. The second-order valence-electron chi connectivity index (χ2n) is 5.96. The van der Waals surface area contributed by atoms with Crippen molar-refractivity contribution in [2.75, 3.05) is 5.32 Å². The van der Waals surface area contributed by atoms with Crippen molar-refractivity contribution in [2.24, 2.45) is 0 Å². The summed E-state index contributed by atoms with van der Waals surface area (Å²) in [5.41, 5.74) is 7.58. The van der Waals surface area contributed by atoms with Gasteiger partial charge in [0.25, 0.3) is 0 Å². The van der Waals surface area contributed by atoms with Crippen molar-refractivity contribution in [3.05, 3.63) is 84.9 Å². The molecule has 0 aromatic heterocycles. The third-order valence-electron chi connectivity index (χ3n) is 4.55. The van der Waals surface area contributed by atoms with Crippen molar-refractivity contribution < 1.29 is 0 Å². The molecular formula is C22H15N. The maximum Gasteiger partial charge on any atom is 0.0396 e. The van der Waals surface area contributed by atoms with Gasteiger partial charge >= 0.3 is 0 Å². The standard InChI is InChI=1S/C22H15N/c1-2-8-16(9-3-1)23-17-13-15-7-6-12-20-18-10-4-5-11-19(18)21(14-17)22(15)20/h1-14,23H. The Kier molecular flexibility index (Phi) is 2.56. The summed E-state index contributed by atoms with van der Waals surface area (Å²) in [5, 5.41) is 6.18. The molecule has 4 aromatic rings. The number of benzene rings is 4. The zero-order chi connectivity index (χ0) is 15.2. The van der Waals surface area contributed by atoms with Gasteiger partial charge in [0, 0.05) is 11.4 Å². The summed E-state index contributed by atoms with van der Waals surface area (Å²) in [5.74, 6) is 0. The van der Waals surface area contributed by atoms with Crippen LogP contribution < -0.4 is 5.32 Å². The summed E-state index contributed by atoms with van der Waals surface area (Å²) in [6.07, 6.45) is 0. The van der Waals surface area contributed by atoms with Crippen molar-refractivity contribution in [1.29, 1.82) is 0 Å². The van der Waals surface area contributed by atoms with Crippen LogP contribution in [-0.4, -0.2) is 0 Å². The summed E-state index contributed by atoms with van der Waals surface area (Å²) in [4.78, 5) is 0. The molecule has 0 fully saturated rings. The number of hydrogen-bond donors (Lipinski definition) is 1. The highest BCUT2D eigenvalue weighted by Crippen LogP contribution is 2.48. The molecule has 1 aliphatic carbocycles. The average Bonchev–Trinajstić information content (AvgIpc) is 2.92. The first-order valence-electron chi connectivity index (χ1n) is 7.89. The normalized spacial score (nSPS) is 11.5. The van der Waals surface area contributed by atoms with Crippen LogP contribution >= 0.6 is 0 Å².